The molecule has 154 valence electrons. The van der Waals surface area contributed by atoms with E-state index in [1.54, 1.807) is 0 Å². The van der Waals surface area contributed by atoms with E-state index in [0.29, 0.717) is 11.7 Å². The van der Waals surface area contributed by atoms with Crippen molar-refractivity contribution in [2.24, 2.45) is 16.0 Å². The zero-order chi connectivity index (χ0) is 20.3. The molecule has 2 aromatic rings. The molecule has 0 bridgehead atoms. The monoisotopic (exact) mass is 418 g/mol. The lowest BCUT2D eigenvalue weighted by atomic mass is 9.90. The fourth-order valence-corrected chi connectivity index (χ4v) is 5.44. The first-order chi connectivity index (χ1) is 14.8. The summed E-state index contributed by atoms with van der Waals surface area (Å²) in [4.78, 5) is 19.6. The van der Waals surface area contributed by atoms with Crippen LogP contribution in [-0.4, -0.2) is 46.0 Å². The van der Waals surface area contributed by atoms with Crippen molar-refractivity contribution in [1.29, 1.82) is 0 Å². The summed E-state index contributed by atoms with van der Waals surface area (Å²) >= 11 is 1.51. The summed E-state index contributed by atoms with van der Waals surface area (Å²) in [5, 5.41) is 7.32. The molecule has 0 aromatic heterocycles. The first-order valence-corrected chi connectivity index (χ1v) is 11.7. The van der Waals surface area contributed by atoms with Gasteiger partial charge in [0, 0.05) is 31.3 Å². The van der Waals surface area contributed by atoms with Crippen molar-refractivity contribution < 1.29 is 4.79 Å². The fraction of sp³-hybridized carbons (Fsp3) is 0.375. The van der Waals surface area contributed by atoms with Gasteiger partial charge in [0.05, 0.1) is 17.5 Å². The fourth-order valence-electron chi connectivity index (χ4n) is 4.53. The number of likely N-dealkylation sites (tertiary alicyclic amines) is 1. The minimum absolute atomic E-state index is 0.208. The molecule has 1 saturated heterocycles. The molecule has 2 aromatic carbocycles. The molecular weight excluding hydrogens is 392 g/mol. The average Bonchev–Trinajstić information content (AvgIpc) is 3.29. The topological polar surface area (TPSA) is 48.3 Å². The zero-order valence-corrected chi connectivity index (χ0v) is 17.8. The van der Waals surface area contributed by atoms with Gasteiger partial charge in [0.25, 0.3) is 0 Å². The number of fused-ring (bicyclic) bond motifs is 3. The molecule has 30 heavy (non-hydrogen) atoms. The molecule has 0 spiro atoms. The number of nitrogens with zero attached hydrogens (tertiary/aromatic N) is 4. The Morgan fingerprint density at radius 3 is 2.63 bits per heavy atom. The van der Waals surface area contributed by atoms with E-state index in [-0.39, 0.29) is 11.9 Å². The lowest BCUT2D eigenvalue weighted by Gasteiger charge is -2.33. The largest absolute Gasteiger partial charge is 0.342 e. The number of piperidine rings is 1. The van der Waals surface area contributed by atoms with E-state index in [2.05, 4.69) is 41.5 Å². The first kappa shape index (κ1) is 19.4. The summed E-state index contributed by atoms with van der Waals surface area (Å²) in [6, 6.07) is 19.1. The van der Waals surface area contributed by atoms with Crippen molar-refractivity contribution >= 4 is 34.7 Å². The van der Waals surface area contributed by atoms with Crippen molar-refractivity contribution in [2.75, 3.05) is 18.8 Å². The highest BCUT2D eigenvalue weighted by atomic mass is 32.2. The minimum Gasteiger partial charge on any atom is -0.342 e. The molecule has 0 saturated carbocycles. The van der Waals surface area contributed by atoms with Gasteiger partial charge in [-0.1, -0.05) is 60.3 Å². The number of carbonyl (C=O) groups excluding carboxylic acids is 1. The number of hydrogen-bond acceptors (Lipinski definition) is 5. The highest BCUT2D eigenvalue weighted by molar-refractivity contribution is 8.14. The van der Waals surface area contributed by atoms with E-state index in [9.17, 15) is 4.79 Å². The molecule has 3 aliphatic rings. The van der Waals surface area contributed by atoms with E-state index in [1.165, 1.54) is 22.9 Å². The van der Waals surface area contributed by atoms with Crippen LogP contribution in [0.25, 0.3) is 0 Å². The maximum atomic E-state index is 12.8. The molecule has 6 heteroatoms. The van der Waals surface area contributed by atoms with Crippen LogP contribution < -0.4 is 0 Å². The van der Waals surface area contributed by atoms with Crippen LogP contribution in [0.2, 0.25) is 0 Å². The van der Waals surface area contributed by atoms with Gasteiger partial charge in [-0.2, -0.15) is 5.10 Å². The standard InChI is InChI=1S/C24H26N4OS/c29-23(27-14-11-19(12-15-27)16-18-6-2-1-3-7-18)17-30-24-26-21-9-5-4-8-20(21)22-10-13-25-28(22)24/h1-9,13,19,22H,10-12,14-17H2. The Balaban J connectivity index is 1.16. The summed E-state index contributed by atoms with van der Waals surface area (Å²) in [7, 11) is 0. The summed E-state index contributed by atoms with van der Waals surface area (Å²) in [6.07, 6.45) is 6.11. The van der Waals surface area contributed by atoms with E-state index in [4.69, 9.17) is 4.99 Å². The minimum atomic E-state index is 0.208. The maximum absolute atomic E-state index is 12.8. The summed E-state index contributed by atoms with van der Waals surface area (Å²) in [5.41, 5.74) is 3.61. The molecule has 0 radical (unpaired) electrons. The van der Waals surface area contributed by atoms with Gasteiger partial charge < -0.3 is 4.90 Å². The lowest BCUT2D eigenvalue weighted by Crippen LogP contribution is -2.40. The molecule has 1 fully saturated rings. The summed E-state index contributed by atoms with van der Waals surface area (Å²) < 4.78 is 0. The SMILES string of the molecule is O=C(CSC1=Nc2ccccc2C2CC=NN12)N1CCC(Cc2ccccc2)CC1. The van der Waals surface area contributed by atoms with Crippen LogP contribution in [0.5, 0.6) is 0 Å². The van der Waals surface area contributed by atoms with Crippen LogP contribution in [0.4, 0.5) is 5.69 Å². The number of rotatable bonds is 4. The maximum Gasteiger partial charge on any atom is 0.233 e. The molecule has 1 unspecified atom stereocenters. The third kappa shape index (κ3) is 4.01. The number of carbonyl (C=O) groups is 1. The molecule has 0 aliphatic carbocycles. The predicted molar refractivity (Wildman–Crippen MR) is 123 cm³/mol. The normalized spacial score (nSPS) is 20.7. The zero-order valence-electron chi connectivity index (χ0n) is 17.0. The van der Waals surface area contributed by atoms with E-state index >= 15 is 0 Å². The number of aliphatic imine (C=N–C) groups is 1. The van der Waals surface area contributed by atoms with E-state index in [0.717, 1.165) is 49.6 Å². The molecule has 1 amide bonds. The van der Waals surface area contributed by atoms with Gasteiger partial charge in [-0.15, -0.1) is 0 Å². The Kier molecular flexibility index (Phi) is 5.58. The smallest absolute Gasteiger partial charge is 0.233 e. The highest BCUT2D eigenvalue weighted by Crippen LogP contribution is 2.40. The van der Waals surface area contributed by atoms with Gasteiger partial charge in [0.1, 0.15) is 0 Å². The van der Waals surface area contributed by atoms with Gasteiger partial charge >= 0.3 is 0 Å². The van der Waals surface area contributed by atoms with Crippen LogP contribution in [-0.2, 0) is 11.2 Å². The average molecular weight is 419 g/mol. The highest BCUT2D eigenvalue weighted by Gasteiger charge is 2.33. The Bertz CT molecular complexity index is 966. The summed E-state index contributed by atoms with van der Waals surface area (Å²) in [5.74, 6) is 1.30. The lowest BCUT2D eigenvalue weighted by molar-refractivity contribution is -0.129. The first-order valence-electron chi connectivity index (χ1n) is 10.7. The van der Waals surface area contributed by atoms with Crippen LogP contribution in [0.15, 0.2) is 64.7 Å². The second-order valence-electron chi connectivity index (χ2n) is 8.15. The van der Waals surface area contributed by atoms with Crippen LogP contribution in [0, 0.1) is 5.92 Å². The Morgan fingerprint density at radius 2 is 1.80 bits per heavy atom. The Hall–Kier alpha value is -2.60. The number of amidine groups is 1. The van der Waals surface area contributed by atoms with Gasteiger partial charge in [-0.25, -0.2) is 10.0 Å². The van der Waals surface area contributed by atoms with Gasteiger partial charge in [0.2, 0.25) is 5.91 Å². The number of benzene rings is 2. The van der Waals surface area contributed by atoms with Gasteiger partial charge in [0.15, 0.2) is 5.17 Å². The summed E-state index contributed by atoms with van der Waals surface area (Å²) in [6.45, 7) is 1.72. The van der Waals surface area contributed by atoms with Crippen LogP contribution in [0.3, 0.4) is 0 Å². The molecule has 1 atom stereocenters. The Labute approximate surface area is 181 Å². The van der Waals surface area contributed by atoms with Crippen molar-refractivity contribution in [1.82, 2.24) is 9.91 Å². The van der Waals surface area contributed by atoms with Crippen LogP contribution in [0.1, 0.15) is 36.4 Å². The third-order valence-corrected chi connectivity index (χ3v) is 7.12. The molecule has 3 heterocycles. The molecule has 3 aliphatic heterocycles. The quantitative estimate of drug-likeness (QED) is 0.727. The second-order valence-corrected chi connectivity index (χ2v) is 9.09. The van der Waals surface area contributed by atoms with Crippen molar-refractivity contribution in [3.05, 3.63) is 65.7 Å². The number of hydrogen-bond donors (Lipinski definition) is 0. The number of hydrazone groups is 1. The van der Waals surface area contributed by atoms with Crippen LogP contribution >= 0.6 is 11.8 Å². The van der Waals surface area contributed by atoms with E-state index < -0.39 is 0 Å². The molecule has 0 N–H and O–H groups in total. The van der Waals surface area contributed by atoms with Gasteiger partial charge in [-0.3, -0.25) is 4.79 Å². The molecular formula is C24H26N4OS. The van der Waals surface area contributed by atoms with Crippen molar-refractivity contribution in [3.63, 3.8) is 0 Å². The second kappa shape index (κ2) is 8.64. The third-order valence-electron chi connectivity index (χ3n) is 6.20. The van der Waals surface area contributed by atoms with E-state index in [1.807, 2.05) is 34.3 Å². The number of amides is 1. The van der Waals surface area contributed by atoms with Crippen molar-refractivity contribution in [2.45, 2.75) is 31.7 Å². The van der Waals surface area contributed by atoms with Gasteiger partial charge in [-0.05, 0) is 36.8 Å². The predicted octanol–water partition coefficient (Wildman–Crippen LogP) is 4.63. The number of thioether (sulfide) groups is 1. The Morgan fingerprint density at radius 1 is 1.03 bits per heavy atom. The van der Waals surface area contributed by atoms with Crippen molar-refractivity contribution in [3.8, 4) is 0 Å². The molecule has 5 rings (SSSR count). The number of para-hydroxylation sites is 1. The molecule has 5 nitrogen and oxygen atoms in total.